The summed E-state index contributed by atoms with van der Waals surface area (Å²) in [5.74, 6) is 0.121. The summed E-state index contributed by atoms with van der Waals surface area (Å²) in [5, 5.41) is 2.82. The third-order valence-corrected chi connectivity index (χ3v) is 5.35. The van der Waals surface area contributed by atoms with E-state index in [0.717, 1.165) is 19.1 Å². The van der Waals surface area contributed by atoms with Crippen molar-refractivity contribution in [1.29, 1.82) is 0 Å². The van der Waals surface area contributed by atoms with Crippen molar-refractivity contribution < 1.29 is 21.6 Å². The highest BCUT2D eigenvalue weighted by Gasteiger charge is 2.22. The Balaban J connectivity index is 2.17. The Morgan fingerprint density at radius 3 is 2.39 bits per heavy atom. The Hall–Kier alpha value is -0.180. The van der Waals surface area contributed by atoms with Crippen LogP contribution in [0, 0.1) is 0 Å². The largest absolute Gasteiger partial charge is 0.377 e. The van der Waals surface area contributed by atoms with Crippen LogP contribution in [0.3, 0.4) is 0 Å². The third kappa shape index (κ3) is 7.30. The van der Waals surface area contributed by atoms with Crippen molar-refractivity contribution in [2.75, 3.05) is 43.2 Å². The summed E-state index contributed by atoms with van der Waals surface area (Å²) in [7, 11) is -6.11. The molecule has 1 rings (SSSR count). The van der Waals surface area contributed by atoms with E-state index in [4.69, 9.17) is 4.74 Å². The quantitative estimate of drug-likeness (QED) is 0.591. The van der Waals surface area contributed by atoms with Crippen LogP contribution in [-0.2, 0) is 24.4 Å². The summed E-state index contributed by atoms with van der Waals surface area (Å²) in [6.45, 7) is 1.21. The fraction of sp³-hybridized carbons (Fsp3) is 1.00. The van der Waals surface area contributed by atoms with Gasteiger partial charge in [-0.05, 0) is 12.8 Å². The number of hydrogen-bond donors (Lipinski definition) is 1. The van der Waals surface area contributed by atoms with Gasteiger partial charge in [0.25, 0.3) is 0 Å². The standard InChI is InChI=1S/C10H21NO5S2/c1-17(12,13)7-4-11-5-8-18(14,15)9-10-3-2-6-16-10/h10-11H,2-9H2,1H3. The van der Waals surface area contributed by atoms with Crippen molar-refractivity contribution in [3.63, 3.8) is 0 Å². The van der Waals surface area contributed by atoms with E-state index in [9.17, 15) is 16.8 Å². The first kappa shape index (κ1) is 15.9. The van der Waals surface area contributed by atoms with E-state index in [1.807, 2.05) is 0 Å². The van der Waals surface area contributed by atoms with Crippen molar-refractivity contribution in [1.82, 2.24) is 5.32 Å². The molecule has 0 saturated carbocycles. The molecule has 0 radical (unpaired) electrons. The van der Waals surface area contributed by atoms with Gasteiger partial charge in [-0.25, -0.2) is 16.8 Å². The van der Waals surface area contributed by atoms with Gasteiger partial charge in [-0.2, -0.15) is 0 Å². The monoisotopic (exact) mass is 299 g/mol. The van der Waals surface area contributed by atoms with Crippen molar-refractivity contribution >= 4 is 19.7 Å². The van der Waals surface area contributed by atoms with Gasteiger partial charge in [-0.3, -0.25) is 0 Å². The SMILES string of the molecule is CS(=O)(=O)CCNCCS(=O)(=O)CC1CCCO1. The van der Waals surface area contributed by atoms with Crippen LogP contribution in [0.1, 0.15) is 12.8 Å². The van der Waals surface area contributed by atoms with Crippen LogP contribution in [0.15, 0.2) is 0 Å². The van der Waals surface area contributed by atoms with Gasteiger partial charge in [0.15, 0.2) is 9.84 Å². The molecule has 1 aliphatic rings. The van der Waals surface area contributed by atoms with Gasteiger partial charge in [-0.1, -0.05) is 0 Å². The Kier molecular flexibility index (Phi) is 6.03. The first-order valence-corrected chi connectivity index (χ1v) is 9.87. The molecule has 1 saturated heterocycles. The Labute approximate surface area is 109 Å². The van der Waals surface area contributed by atoms with E-state index in [1.54, 1.807) is 0 Å². The van der Waals surface area contributed by atoms with Crippen molar-refractivity contribution in [2.24, 2.45) is 0 Å². The Morgan fingerprint density at radius 2 is 1.83 bits per heavy atom. The highest BCUT2D eigenvalue weighted by molar-refractivity contribution is 7.91. The van der Waals surface area contributed by atoms with Crippen molar-refractivity contribution in [2.45, 2.75) is 18.9 Å². The summed E-state index contributed by atoms with van der Waals surface area (Å²) in [4.78, 5) is 0. The lowest BCUT2D eigenvalue weighted by Gasteiger charge is -2.10. The number of ether oxygens (including phenoxy) is 1. The molecule has 1 heterocycles. The topological polar surface area (TPSA) is 89.5 Å². The van der Waals surface area contributed by atoms with E-state index in [0.29, 0.717) is 6.61 Å². The van der Waals surface area contributed by atoms with E-state index in [2.05, 4.69) is 5.32 Å². The molecule has 1 N–H and O–H groups in total. The van der Waals surface area contributed by atoms with E-state index in [1.165, 1.54) is 0 Å². The molecule has 1 atom stereocenters. The van der Waals surface area contributed by atoms with E-state index in [-0.39, 0.29) is 36.5 Å². The van der Waals surface area contributed by atoms with Crippen LogP contribution in [0.5, 0.6) is 0 Å². The van der Waals surface area contributed by atoms with Crippen LogP contribution in [0.25, 0.3) is 0 Å². The predicted molar refractivity (Wildman–Crippen MR) is 70.2 cm³/mol. The lowest BCUT2D eigenvalue weighted by Crippen LogP contribution is -2.30. The van der Waals surface area contributed by atoms with Gasteiger partial charge >= 0.3 is 0 Å². The van der Waals surface area contributed by atoms with Gasteiger partial charge in [0.2, 0.25) is 0 Å². The van der Waals surface area contributed by atoms with Gasteiger partial charge in [0.05, 0.1) is 23.4 Å². The summed E-state index contributed by atoms with van der Waals surface area (Å²) in [5.41, 5.74) is 0. The maximum atomic E-state index is 11.7. The number of hydrogen-bond acceptors (Lipinski definition) is 6. The highest BCUT2D eigenvalue weighted by Crippen LogP contribution is 2.13. The van der Waals surface area contributed by atoms with Crippen LogP contribution in [0.4, 0.5) is 0 Å². The zero-order chi connectivity index (χ0) is 13.6. The first-order valence-electron chi connectivity index (χ1n) is 5.99. The minimum atomic E-state index is -3.12. The minimum Gasteiger partial charge on any atom is -0.377 e. The second-order valence-corrected chi connectivity index (χ2v) is 9.12. The number of sulfone groups is 2. The molecule has 6 nitrogen and oxygen atoms in total. The van der Waals surface area contributed by atoms with E-state index >= 15 is 0 Å². The van der Waals surface area contributed by atoms with Crippen LogP contribution >= 0.6 is 0 Å². The molecule has 1 fully saturated rings. The van der Waals surface area contributed by atoms with Crippen LogP contribution in [0.2, 0.25) is 0 Å². The summed E-state index contributed by atoms with van der Waals surface area (Å²) in [6, 6.07) is 0. The molecule has 0 spiro atoms. The highest BCUT2D eigenvalue weighted by atomic mass is 32.2. The normalized spacial score (nSPS) is 21.3. The second-order valence-electron chi connectivity index (χ2n) is 4.63. The lowest BCUT2D eigenvalue weighted by molar-refractivity contribution is 0.127. The average molecular weight is 299 g/mol. The number of nitrogens with one attached hydrogen (secondary N) is 1. The molecule has 8 heteroatoms. The molecule has 0 aliphatic carbocycles. The zero-order valence-corrected chi connectivity index (χ0v) is 12.2. The van der Waals surface area contributed by atoms with Gasteiger partial charge < -0.3 is 10.1 Å². The molecule has 0 aromatic carbocycles. The summed E-state index contributed by atoms with van der Waals surface area (Å²) < 4.78 is 50.4. The van der Waals surface area contributed by atoms with Crippen LogP contribution < -0.4 is 5.32 Å². The fourth-order valence-electron chi connectivity index (χ4n) is 1.75. The molecular formula is C10H21NO5S2. The first-order chi connectivity index (χ1) is 8.29. The molecule has 0 aromatic heterocycles. The molecule has 1 unspecified atom stereocenters. The molecule has 0 amide bonds. The molecule has 18 heavy (non-hydrogen) atoms. The maximum absolute atomic E-state index is 11.7. The fourth-order valence-corrected chi connectivity index (χ4v) is 3.72. The maximum Gasteiger partial charge on any atom is 0.154 e. The Bertz CT molecular complexity index is 437. The molecule has 0 aromatic rings. The number of rotatable bonds is 8. The average Bonchev–Trinajstić information content (AvgIpc) is 2.67. The molecule has 1 aliphatic heterocycles. The lowest BCUT2D eigenvalue weighted by atomic mass is 10.3. The zero-order valence-electron chi connectivity index (χ0n) is 10.6. The van der Waals surface area contributed by atoms with Crippen molar-refractivity contribution in [3.05, 3.63) is 0 Å². The van der Waals surface area contributed by atoms with E-state index < -0.39 is 19.7 Å². The second kappa shape index (κ2) is 6.83. The molecule has 0 bridgehead atoms. The van der Waals surface area contributed by atoms with Gasteiger partial charge in [-0.15, -0.1) is 0 Å². The molecular weight excluding hydrogens is 278 g/mol. The third-order valence-electron chi connectivity index (χ3n) is 2.70. The Morgan fingerprint density at radius 1 is 1.17 bits per heavy atom. The smallest absolute Gasteiger partial charge is 0.154 e. The minimum absolute atomic E-state index is 0.0244. The predicted octanol–water partition coefficient (Wildman–Crippen LogP) is -0.786. The van der Waals surface area contributed by atoms with Gasteiger partial charge in [0, 0.05) is 26.0 Å². The van der Waals surface area contributed by atoms with Crippen LogP contribution in [-0.4, -0.2) is 66.2 Å². The summed E-state index contributed by atoms with van der Waals surface area (Å²) in [6.07, 6.45) is 2.72. The van der Waals surface area contributed by atoms with Gasteiger partial charge in [0.1, 0.15) is 9.84 Å². The van der Waals surface area contributed by atoms with Crippen molar-refractivity contribution in [3.8, 4) is 0 Å². The molecule has 108 valence electrons. The summed E-state index contributed by atoms with van der Waals surface area (Å²) >= 11 is 0.